The van der Waals surface area contributed by atoms with Crippen LogP contribution in [-0.4, -0.2) is 31.5 Å². The lowest BCUT2D eigenvalue weighted by molar-refractivity contribution is -0.124. The summed E-state index contributed by atoms with van der Waals surface area (Å²) in [6, 6.07) is 0. The zero-order valence-corrected chi connectivity index (χ0v) is 11.5. The first-order valence-electron chi connectivity index (χ1n) is 6.43. The van der Waals surface area contributed by atoms with E-state index in [1.54, 1.807) is 0 Å². The second-order valence-corrected chi connectivity index (χ2v) is 4.87. The van der Waals surface area contributed by atoms with Gasteiger partial charge in [0.05, 0.1) is 12.1 Å². The predicted octanol–water partition coefficient (Wildman–Crippen LogP) is 1.97. The number of likely N-dealkylation sites (N-methyl/N-ethyl adjacent to an activating group) is 1. The highest BCUT2D eigenvalue weighted by molar-refractivity contribution is 5.89. The van der Waals surface area contributed by atoms with Gasteiger partial charge in [-0.2, -0.15) is 0 Å². The third-order valence-corrected chi connectivity index (χ3v) is 3.51. The highest BCUT2D eigenvalue weighted by Gasteiger charge is 2.29. The van der Waals surface area contributed by atoms with E-state index in [9.17, 15) is 4.79 Å². The van der Waals surface area contributed by atoms with E-state index in [1.165, 1.54) is 6.42 Å². The van der Waals surface area contributed by atoms with Crippen LogP contribution in [0, 0.1) is 5.92 Å². The summed E-state index contributed by atoms with van der Waals surface area (Å²) >= 11 is 0. The molecular formula is C13H28N2O. The van der Waals surface area contributed by atoms with Gasteiger partial charge in [-0.25, -0.2) is 0 Å². The van der Waals surface area contributed by atoms with E-state index >= 15 is 0 Å². The fourth-order valence-corrected chi connectivity index (χ4v) is 1.57. The van der Waals surface area contributed by atoms with Crippen molar-refractivity contribution in [3.8, 4) is 0 Å². The first kappa shape index (κ1) is 15.6. The number of hydrogen-bond donors (Lipinski definition) is 2. The predicted molar refractivity (Wildman–Crippen MR) is 69.7 cm³/mol. The number of hydrogen-bond acceptors (Lipinski definition) is 3. The summed E-state index contributed by atoms with van der Waals surface area (Å²) in [5.74, 6) is 0.981. The molecule has 0 heterocycles. The fraction of sp³-hybridized carbons (Fsp3) is 0.923. The molecule has 0 aromatic heterocycles. The fourth-order valence-electron chi connectivity index (χ4n) is 1.57. The minimum atomic E-state index is -0.365. The minimum absolute atomic E-state index is 0.252. The van der Waals surface area contributed by atoms with Gasteiger partial charge in [-0.3, -0.25) is 4.79 Å². The Morgan fingerprint density at radius 3 is 2.44 bits per heavy atom. The lowest BCUT2D eigenvalue weighted by Crippen LogP contribution is -2.52. The summed E-state index contributed by atoms with van der Waals surface area (Å²) in [6.07, 6.45) is 3.18. The van der Waals surface area contributed by atoms with Crippen LogP contribution in [0.2, 0.25) is 0 Å². The first-order chi connectivity index (χ1) is 7.50. The molecule has 0 bridgehead atoms. The Morgan fingerprint density at radius 2 is 2.00 bits per heavy atom. The topological polar surface area (TPSA) is 41.1 Å². The number of carbonyl (C=O) groups is 1. The normalized spacial score (nSPS) is 16.8. The van der Waals surface area contributed by atoms with Crippen molar-refractivity contribution in [3.63, 3.8) is 0 Å². The van der Waals surface area contributed by atoms with E-state index in [4.69, 9.17) is 0 Å². The van der Waals surface area contributed by atoms with Crippen molar-refractivity contribution in [1.82, 2.24) is 10.6 Å². The molecule has 16 heavy (non-hydrogen) atoms. The minimum Gasteiger partial charge on any atom is -0.313 e. The quantitative estimate of drug-likeness (QED) is 0.634. The van der Waals surface area contributed by atoms with Crippen molar-refractivity contribution < 1.29 is 4.79 Å². The molecule has 2 unspecified atom stereocenters. The Hall–Kier alpha value is -0.410. The van der Waals surface area contributed by atoms with Crippen LogP contribution in [0.1, 0.15) is 47.0 Å². The summed E-state index contributed by atoms with van der Waals surface area (Å²) in [4.78, 5) is 11.9. The van der Waals surface area contributed by atoms with Crippen LogP contribution >= 0.6 is 0 Å². The van der Waals surface area contributed by atoms with E-state index in [0.717, 1.165) is 25.3 Å². The molecule has 0 saturated heterocycles. The van der Waals surface area contributed by atoms with Gasteiger partial charge in [-0.1, -0.05) is 27.2 Å². The SMILES string of the molecule is CCC(C)CCNC(C)(CC)C(=O)CNC. The van der Waals surface area contributed by atoms with E-state index < -0.39 is 0 Å². The molecule has 2 atom stereocenters. The highest BCUT2D eigenvalue weighted by Crippen LogP contribution is 2.12. The van der Waals surface area contributed by atoms with Crippen LogP contribution in [-0.2, 0) is 4.79 Å². The van der Waals surface area contributed by atoms with E-state index in [-0.39, 0.29) is 11.3 Å². The number of rotatable bonds is 9. The average Bonchev–Trinajstić information content (AvgIpc) is 2.28. The summed E-state index contributed by atoms with van der Waals surface area (Å²) < 4.78 is 0. The molecule has 0 saturated carbocycles. The third-order valence-electron chi connectivity index (χ3n) is 3.51. The molecule has 0 aromatic rings. The van der Waals surface area contributed by atoms with Gasteiger partial charge in [0.25, 0.3) is 0 Å². The monoisotopic (exact) mass is 228 g/mol. The Balaban J connectivity index is 4.11. The van der Waals surface area contributed by atoms with Gasteiger partial charge in [-0.15, -0.1) is 0 Å². The molecule has 3 heteroatoms. The van der Waals surface area contributed by atoms with Crippen molar-refractivity contribution in [3.05, 3.63) is 0 Å². The van der Waals surface area contributed by atoms with Gasteiger partial charge in [0.15, 0.2) is 5.78 Å². The Morgan fingerprint density at radius 1 is 1.38 bits per heavy atom. The van der Waals surface area contributed by atoms with Crippen molar-refractivity contribution in [2.75, 3.05) is 20.1 Å². The van der Waals surface area contributed by atoms with Gasteiger partial charge in [-0.05, 0) is 39.3 Å². The first-order valence-corrected chi connectivity index (χ1v) is 6.43. The zero-order chi connectivity index (χ0) is 12.6. The molecule has 3 nitrogen and oxygen atoms in total. The van der Waals surface area contributed by atoms with Gasteiger partial charge in [0.2, 0.25) is 0 Å². The van der Waals surface area contributed by atoms with Crippen LogP contribution in [0.3, 0.4) is 0 Å². The van der Waals surface area contributed by atoms with Crippen molar-refractivity contribution in [1.29, 1.82) is 0 Å². The van der Waals surface area contributed by atoms with Crippen molar-refractivity contribution in [2.24, 2.45) is 5.92 Å². The summed E-state index contributed by atoms with van der Waals surface area (Å²) in [6.45, 7) is 9.89. The lowest BCUT2D eigenvalue weighted by Gasteiger charge is -2.28. The molecule has 0 rings (SSSR count). The van der Waals surface area contributed by atoms with E-state index in [2.05, 4.69) is 31.4 Å². The summed E-state index contributed by atoms with van der Waals surface area (Å²) in [5.41, 5.74) is -0.365. The molecular weight excluding hydrogens is 200 g/mol. The Kier molecular flexibility index (Phi) is 7.60. The molecule has 0 aliphatic rings. The van der Waals surface area contributed by atoms with Gasteiger partial charge >= 0.3 is 0 Å². The molecule has 96 valence electrons. The van der Waals surface area contributed by atoms with Crippen LogP contribution < -0.4 is 10.6 Å². The van der Waals surface area contributed by atoms with Crippen molar-refractivity contribution >= 4 is 5.78 Å². The maximum Gasteiger partial charge on any atom is 0.166 e. The van der Waals surface area contributed by atoms with Crippen LogP contribution in [0.25, 0.3) is 0 Å². The van der Waals surface area contributed by atoms with Gasteiger partial charge < -0.3 is 10.6 Å². The third kappa shape index (κ3) is 5.08. The lowest BCUT2D eigenvalue weighted by atomic mass is 9.92. The van der Waals surface area contributed by atoms with Crippen LogP contribution in [0.4, 0.5) is 0 Å². The number of ketones is 1. The average molecular weight is 228 g/mol. The smallest absolute Gasteiger partial charge is 0.166 e. The van der Waals surface area contributed by atoms with E-state index in [1.807, 2.05) is 14.0 Å². The molecule has 0 amide bonds. The maximum absolute atomic E-state index is 11.9. The highest BCUT2D eigenvalue weighted by atomic mass is 16.1. The standard InChI is InChI=1S/C13H28N2O/c1-6-11(3)8-9-15-13(4,7-2)12(16)10-14-5/h11,14-15H,6-10H2,1-5H3. The Labute approximate surface area is 100 Å². The molecule has 0 aliphatic carbocycles. The number of carbonyl (C=O) groups excluding carboxylic acids is 1. The van der Waals surface area contributed by atoms with Crippen LogP contribution in [0.5, 0.6) is 0 Å². The molecule has 0 spiro atoms. The molecule has 0 fully saturated rings. The van der Waals surface area contributed by atoms with Gasteiger partial charge in [0.1, 0.15) is 0 Å². The van der Waals surface area contributed by atoms with E-state index in [0.29, 0.717) is 6.54 Å². The Bertz CT molecular complexity index is 206. The van der Waals surface area contributed by atoms with Crippen LogP contribution in [0.15, 0.2) is 0 Å². The maximum atomic E-state index is 11.9. The summed E-state index contributed by atoms with van der Waals surface area (Å²) in [7, 11) is 1.81. The number of nitrogens with one attached hydrogen (secondary N) is 2. The largest absolute Gasteiger partial charge is 0.313 e. The van der Waals surface area contributed by atoms with Crippen molar-refractivity contribution in [2.45, 2.75) is 52.5 Å². The molecule has 0 radical (unpaired) electrons. The zero-order valence-electron chi connectivity index (χ0n) is 11.5. The summed E-state index contributed by atoms with van der Waals surface area (Å²) in [5, 5.41) is 6.33. The number of Topliss-reactive ketones (excluding diaryl/α,β-unsaturated/α-hetero) is 1. The molecule has 0 aromatic carbocycles. The second-order valence-electron chi connectivity index (χ2n) is 4.87. The molecule has 2 N–H and O–H groups in total. The molecule has 0 aliphatic heterocycles. The second kappa shape index (κ2) is 7.80. The van der Waals surface area contributed by atoms with Gasteiger partial charge in [0, 0.05) is 0 Å².